The summed E-state index contributed by atoms with van der Waals surface area (Å²) < 4.78 is 33.1. The van der Waals surface area contributed by atoms with E-state index in [4.69, 9.17) is 5.26 Å². The molecule has 1 saturated heterocycles. The van der Waals surface area contributed by atoms with E-state index in [1.165, 1.54) is 15.7 Å². The molecule has 27 heavy (non-hydrogen) atoms. The standard InChI is InChI=1S/C19H19N3O4S/c1-26-19(23)11-6-15-2-7-17(8-3-15)21-12-13-22(27(21,24)25)18-9-4-16(14-20)5-10-18/h2-5,7-10H,6,11-13H2,1H3. The van der Waals surface area contributed by atoms with E-state index in [1.54, 1.807) is 36.4 Å². The van der Waals surface area contributed by atoms with E-state index in [1.807, 2.05) is 18.2 Å². The minimum Gasteiger partial charge on any atom is -0.469 e. The number of aryl methyl sites for hydroxylation is 1. The van der Waals surface area contributed by atoms with Crippen molar-refractivity contribution in [2.75, 3.05) is 28.8 Å². The van der Waals surface area contributed by atoms with Crippen molar-refractivity contribution in [3.63, 3.8) is 0 Å². The van der Waals surface area contributed by atoms with Crippen molar-refractivity contribution in [3.05, 3.63) is 59.7 Å². The van der Waals surface area contributed by atoms with E-state index < -0.39 is 10.2 Å². The van der Waals surface area contributed by atoms with Crippen LogP contribution in [0.2, 0.25) is 0 Å². The molecular weight excluding hydrogens is 366 g/mol. The average Bonchev–Trinajstić information content (AvgIpc) is 3.01. The first-order valence-electron chi connectivity index (χ1n) is 8.42. The number of benzene rings is 2. The second kappa shape index (κ2) is 7.68. The molecule has 3 rings (SSSR count). The first-order chi connectivity index (χ1) is 13.0. The lowest BCUT2D eigenvalue weighted by atomic mass is 10.1. The number of carbonyl (C=O) groups is 1. The Morgan fingerprint density at radius 1 is 1.04 bits per heavy atom. The molecule has 0 radical (unpaired) electrons. The Morgan fingerprint density at radius 3 is 2.04 bits per heavy atom. The first kappa shape index (κ1) is 18.7. The third kappa shape index (κ3) is 3.88. The number of nitrogens with zero attached hydrogens (tertiary/aromatic N) is 3. The lowest BCUT2D eigenvalue weighted by Gasteiger charge is -2.21. The Bertz CT molecular complexity index is 964. The van der Waals surface area contributed by atoms with Crippen LogP contribution < -0.4 is 8.61 Å². The predicted molar refractivity (Wildman–Crippen MR) is 102 cm³/mol. The molecule has 2 aromatic carbocycles. The number of rotatable bonds is 5. The Balaban J connectivity index is 1.76. The molecule has 140 valence electrons. The molecule has 0 amide bonds. The second-order valence-electron chi connectivity index (χ2n) is 6.05. The highest BCUT2D eigenvalue weighted by Gasteiger charge is 2.36. The Morgan fingerprint density at radius 2 is 1.56 bits per heavy atom. The summed E-state index contributed by atoms with van der Waals surface area (Å²) in [5.41, 5.74) is 2.53. The van der Waals surface area contributed by atoms with E-state index in [0.717, 1.165) is 5.56 Å². The molecular formula is C19H19N3O4S. The summed E-state index contributed by atoms with van der Waals surface area (Å²) >= 11 is 0. The monoisotopic (exact) mass is 385 g/mol. The van der Waals surface area contributed by atoms with Gasteiger partial charge in [0.15, 0.2) is 0 Å². The molecule has 2 aromatic rings. The minimum atomic E-state index is -3.69. The fraction of sp³-hybridized carbons (Fsp3) is 0.263. The van der Waals surface area contributed by atoms with Crippen molar-refractivity contribution in [2.24, 2.45) is 0 Å². The van der Waals surface area contributed by atoms with Gasteiger partial charge in [0.05, 0.1) is 43.2 Å². The molecule has 0 aromatic heterocycles. The van der Waals surface area contributed by atoms with Crippen molar-refractivity contribution in [3.8, 4) is 6.07 Å². The molecule has 0 spiro atoms. The third-order valence-electron chi connectivity index (χ3n) is 4.42. The van der Waals surface area contributed by atoms with Crippen LogP contribution >= 0.6 is 0 Å². The predicted octanol–water partition coefficient (Wildman–Crippen LogP) is 2.24. The van der Waals surface area contributed by atoms with Crippen LogP contribution in [0.3, 0.4) is 0 Å². The fourth-order valence-electron chi connectivity index (χ4n) is 2.94. The van der Waals surface area contributed by atoms with Gasteiger partial charge in [-0.15, -0.1) is 0 Å². The van der Waals surface area contributed by atoms with Crippen LogP contribution in [0, 0.1) is 11.3 Å². The highest BCUT2D eigenvalue weighted by molar-refractivity contribution is 7.94. The van der Waals surface area contributed by atoms with Gasteiger partial charge in [-0.05, 0) is 48.4 Å². The van der Waals surface area contributed by atoms with Gasteiger partial charge in [-0.1, -0.05) is 12.1 Å². The SMILES string of the molecule is COC(=O)CCc1ccc(N2CCN(c3ccc(C#N)cc3)S2(=O)=O)cc1. The number of hydrogen-bond acceptors (Lipinski definition) is 5. The average molecular weight is 385 g/mol. The van der Waals surface area contributed by atoms with Gasteiger partial charge in [-0.2, -0.15) is 13.7 Å². The maximum Gasteiger partial charge on any atom is 0.326 e. The Hall–Kier alpha value is -3.05. The lowest BCUT2D eigenvalue weighted by molar-refractivity contribution is -0.140. The number of methoxy groups -OCH3 is 1. The number of anilines is 2. The van der Waals surface area contributed by atoms with E-state index in [0.29, 0.717) is 36.4 Å². The summed E-state index contributed by atoms with van der Waals surface area (Å²) in [5.74, 6) is -0.278. The lowest BCUT2D eigenvalue weighted by Crippen LogP contribution is -2.33. The van der Waals surface area contributed by atoms with Crippen molar-refractivity contribution in [1.29, 1.82) is 5.26 Å². The molecule has 7 nitrogen and oxygen atoms in total. The zero-order valence-electron chi connectivity index (χ0n) is 14.8. The van der Waals surface area contributed by atoms with E-state index in [9.17, 15) is 13.2 Å². The summed E-state index contributed by atoms with van der Waals surface area (Å²) in [6.45, 7) is 0.669. The summed E-state index contributed by atoms with van der Waals surface area (Å²) in [7, 11) is -2.34. The smallest absolute Gasteiger partial charge is 0.326 e. The molecule has 0 aliphatic carbocycles. The fourth-order valence-corrected chi connectivity index (χ4v) is 4.57. The van der Waals surface area contributed by atoms with Crippen LogP contribution in [0.5, 0.6) is 0 Å². The third-order valence-corrected chi connectivity index (χ3v) is 6.32. The van der Waals surface area contributed by atoms with E-state index in [-0.39, 0.29) is 12.4 Å². The number of ether oxygens (including phenoxy) is 1. The van der Waals surface area contributed by atoms with Gasteiger partial charge in [0.1, 0.15) is 0 Å². The van der Waals surface area contributed by atoms with Gasteiger partial charge in [0.25, 0.3) is 0 Å². The largest absolute Gasteiger partial charge is 0.469 e. The van der Waals surface area contributed by atoms with Crippen LogP contribution in [-0.2, 0) is 26.2 Å². The van der Waals surface area contributed by atoms with E-state index >= 15 is 0 Å². The highest BCUT2D eigenvalue weighted by atomic mass is 32.2. The first-order valence-corrected chi connectivity index (χ1v) is 9.82. The number of hydrogen-bond donors (Lipinski definition) is 0. The highest BCUT2D eigenvalue weighted by Crippen LogP contribution is 2.30. The van der Waals surface area contributed by atoms with Crippen LogP contribution in [0.1, 0.15) is 17.5 Å². The Labute approximate surface area is 158 Å². The molecule has 0 atom stereocenters. The summed E-state index contributed by atoms with van der Waals surface area (Å²) in [5, 5.41) is 8.88. The van der Waals surface area contributed by atoms with Crippen molar-refractivity contribution in [1.82, 2.24) is 0 Å². The van der Waals surface area contributed by atoms with Crippen molar-refractivity contribution in [2.45, 2.75) is 12.8 Å². The zero-order valence-corrected chi connectivity index (χ0v) is 15.6. The van der Waals surface area contributed by atoms with Gasteiger partial charge >= 0.3 is 16.2 Å². The normalized spacial score (nSPS) is 15.4. The summed E-state index contributed by atoms with van der Waals surface area (Å²) in [4.78, 5) is 11.2. The quantitative estimate of drug-likeness (QED) is 0.736. The van der Waals surface area contributed by atoms with Crippen molar-refractivity contribution < 1.29 is 17.9 Å². The van der Waals surface area contributed by atoms with Crippen LogP contribution in [0.15, 0.2) is 48.5 Å². The van der Waals surface area contributed by atoms with Gasteiger partial charge in [0.2, 0.25) is 0 Å². The maximum absolute atomic E-state index is 12.9. The molecule has 0 N–H and O–H groups in total. The van der Waals surface area contributed by atoms with Crippen LogP contribution in [0.25, 0.3) is 0 Å². The second-order valence-corrected chi connectivity index (χ2v) is 7.83. The number of nitriles is 1. The molecule has 1 aliphatic heterocycles. The number of esters is 1. The zero-order chi connectivity index (χ0) is 19.4. The molecule has 1 fully saturated rings. The van der Waals surface area contributed by atoms with Crippen LogP contribution in [0.4, 0.5) is 11.4 Å². The summed E-state index contributed by atoms with van der Waals surface area (Å²) in [6.07, 6.45) is 0.821. The van der Waals surface area contributed by atoms with Gasteiger partial charge in [0, 0.05) is 6.42 Å². The molecule has 0 bridgehead atoms. The van der Waals surface area contributed by atoms with Crippen LogP contribution in [-0.4, -0.2) is 34.6 Å². The maximum atomic E-state index is 12.9. The molecule has 8 heteroatoms. The molecule has 0 unspecified atom stereocenters. The molecule has 1 aliphatic rings. The summed E-state index contributed by atoms with van der Waals surface area (Å²) in [6, 6.07) is 15.6. The Kier molecular flexibility index (Phi) is 5.33. The van der Waals surface area contributed by atoms with Crippen molar-refractivity contribution >= 4 is 27.6 Å². The topological polar surface area (TPSA) is 90.7 Å². The molecule has 0 saturated carbocycles. The van der Waals surface area contributed by atoms with E-state index in [2.05, 4.69) is 4.74 Å². The number of carbonyl (C=O) groups excluding carboxylic acids is 1. The van der Waals surface area contributed by atoms with Gasteiger partial charge in [-0.3, -0.25) is 13.4 Å². The minimum absolute atomic E-state index is 0.278. The van der Waals surface area contributed by atoms with Gasteiger partial charge < -0.3 is 4.74 Å². The van der Waals surface area contributed by atoms with Gasteiger partial charge in [-0.25, -0.2) is 0 Å². The molecule has 1 heterocycles.